The largest absolute Gasteiger partial charge is 0.482 e. The fourth-order valence-electron chi connectivity index (χ4n) is 11.2. The summed E-state index contributed by atoms with van der Waals surface area (Å²) < 4.78 is 19.8. The molecule has 1 heterocycles. The molecule has 0 spiro atoms. The summed E-state index contributed by atoms with van der Waals surface area (Å²) in [5.41, 5.74) is 5.69. The molecule has 2 unspecified atom stereocenters. The second-order valence-corrected chi connectivity index (χ2v) is 21.7. The number of thiol groups is 2. The molecule has 0 radical (unpaired) electrons. The normalized spacial score (nSPS) is 14.6. The molecule has 9 rings (SSSR count). The lowest BCUT2D eigenvalue weighted by Gasteiger charge is -2.42. The summed E-state index contributed by atoms with van der Waals surface area (Å²) in [6, 6.07) is 72.5. The van der Waals surface area contributed by atoms with Gasteiger partial charge in [-0.05, 0) is 76.2 Å². The molecule has 8 aromatic rings. The Morgan fingerprint density at radius 1 is 0.646 bits per heavy atom. The van der Waals surface area contributed by atoms with Gasteiger partial charge in [0.25, 0.3) is 5.91 Å². The summed E-state index contributed by atoms with van der Waals surface area (Å²) in [5.74, 6) is -0.889. The molecule has 1 fully saturated rings. The third-order valence-electron chi connectivity index (χ3n) is 15.0. The lowest BCUT2D eigenvalue weighted by molar-refractivity contribution is -0.138. The van der Waals surface area contributed by atoms with Gasteiger partial charge in [-0.2, -0.15) is 25.3 Å². The average Bonchev–Trinajstić information content (AvgIpc) is 3.67. The van der Waals surface area contributed by atoms with Crippen LogP contribution in [0.25, 0.3) is 0 Å². The number of anilines is 1. The summed E-state index contributed by atoms with van der Waals surface area (Å²) in [4.78, 5) is 49.3. The fourth-order valence-corrected chi connectivity index (χ4v) is 12.6. The van der Waals surface area contributed by atoms with Crippen molar-refractivity contribution < 1.29 is 23.5 Å². The topological polar surface area (TPSA) is 94.2 Å². The molecule has 1 aliphatic rings. The predicted molar refractivity (Wildman–Crippen MR) is 322 cm³/mol. The van der Waals surface area contributed by atoms with Gasteiger partial charge in [-0.1, -0.05) is 206 Å². The van der Waals surface area contributed by atoms with Crippen molar-refractivity contribution in [1.29, 1.82) is 0 Å². The quantitative estimate of drug-likeness (QED) is 0.0399. The number of hydrogen-bond donors (Lipinski definition) is 4. The Labute approximate surface area is 479 Å². The number of rotatable bonds is 22. The van der Waals surface area contributed by atoms with Gasteiger partial charge >= 0.3 is 0 Å². The van der Waals surface area contributed by atoms with Crippen molar-refractivity contribution >= 4 is 60.3 Å². The van der Waals surface area contributed by atoms with Gasteiger partial charge in [-0.15, -0.1) is 0 Å². The van der Waals surface area contributed by atoms with E-state index in [1.54, 1.807) is 35.2 Å². The van der Waals surface area contributed by atoms with E-state index in [2.05, 4.69) is 88.3 Å². The minimum Gasteiger partial charge on any atom is -0.482 e. The number of amides is 3. The number of benzene rings is 8. The lowest BCUT2D eigenvalue weighted by Crippen LogP contribution is -2.54. The molecular weight excluding hydrogens is 1050 g/mol. The van der Waals surface area contributed by atoms with E-state index in [9.17, 15) is 14.0 Å². The first-order valence-electron chi connectivity index (χ1n) is 26.6. The number of carbonyl (C=O) groups excluding carboxylic acids is 3. The Hall–Kier alpha value is -7.35. The first-order valence-corrected chi connectivity index (χ1v) is 28.0. The number of nitrogens with one attached hydrogen (secondary N) is 2. The molecule has 1 saturated heterocycles. The lowest BCUT2D eigenvalue weighted by atomic mass is 9.67. The number of halogens is 2. The summed E-state index contributed by atoms with van der Waals surface area (Å²) in [7, 11) is 0. The van der Waals surface area contributed by atoms with E-state index >= 15 is 4.79 Å². The van der Waals surface area contributed by atoms with Crippen LogP contribution in [-0.2, 0) is 31.8 Å². The van der Waals surface area contributed by atoms with Crippen molar-refractivity contribution in [2.75, 3.05) is 57.7 Å². The number of ether oxygens (including phenoxy) is 1. The van der Waals surface area contributed by atoms with E-state index in [-0.39, 0.29) is 62.4 Å². The van der Waals surface area contributed by atoms with Gasteiger partial charge in [-0.25, -0.2) is 4.39 Å². The average molecular weight is 1110 g/mol. The minimum absolute atomic E-state index is 0.0464. The molecule has 9 nitrogen and oxygen atoms in total. The van der Waals surface area contributed by atoms with Crippen molar-refractivity contribution in [3.63, 3.8) is 0 Å². The van der Waals surface area contributed by atoms with E-state index in [0.717, 1.165) is 38.9 Å². The van der Waals surface area contributed by atoms with Gasteiger partial charge in [0.15, 0.2) is 6.61 Å². The third-order valence-corrected chi connectivity index (χ3v) is 16.4. The number of piperazine rings is 1. The van der Waals surface area contributed by atoms with E-state index in [1.165, 1.54) is 12.1 Å². The van der Waals surface area contributed by atoms with Crippen LogP contribution < -0.4 is 15.4 Å². The monoisotopic (exact) mass is 1110 g/mol. The van der Waals surface area contributed by atoms with Gasteiger partial charge in [0.05, 0.1) is 29.6 Å². The second-order valence-electron chi connectivity index (χ2n) is 20.0. The maximum Gasteiger partial charge on any atom is 0.260 e. The van der Waals surface area contributed by atoms with Crippen LogP contribution in [0.5, 0.6) is 5.75 Å². The van der Waals surface area contributed by atoms with E-state index in [4.69, 9.17) is 41.6 Å². The van der Waals surface area contributed by atoms with Crippen LogP contribution in [0.1, 0.15) is 45.9 Å². The zero-order chi connectivity index (χ0) is 55.2. The Morgan fingerprint density at radius 2 is 1.10 bits per heavy atom. The third kappa shape index (κ3) is 13.1. The van der Waals surface area contributed by atoms with Crippen LogP contribution in [0.2, 0.25) is 5.02 Å². The Balaban J connectivity index is 0.975. The molecule has 0 aromatic heterocycles. The molecule has 0 saturated carbocycles. The summed E-state index contributed by atoms with van der Waals surface area (Å²) in [6.07, 6.45) is 0. The minimum atomic E-state index is -0.889. The van der Waals surface area contributed by atoms with Crippen LogP contribution >= 0.6 is 36.9 Å². The summed E-state index contributed by atoms with van der Waals surface area (Å²) in [5, 5.41) is 5.79. The Bertz CT molecular complexity index is 3050. The zero-order valence-corrected chi connectivity index (χ0v) is 46.6. The molecule has 0 aliphatic carbocycles. The first kappa shape index (κ1) is 56.4. The van der Waals surface area contributed by atoms with Crippen molar-refractivity contribution in [1.82, 2.24) is 20.0 Å². The highest BCUT2D eigenvalue weighted by atomic mass is 35.5. The van der Waals surface area contributed by atoms with Gasteiger partial charge < -0.3 is 25.2 Å². The Kier molecular flexibility index (Phi) is 18.9. The van der Waals surface area contributed by atoms with Crippen LogP contribution in [0.15, 0.2) is 224 Å². The van der Waals surface area contributed by atoms with Gasteiger partial charge in [0.1, 0.15) is 11.6 Å². The van der Waals surface area contributed by atoms with Crippen LogP contribution in [0, 0.1) is 5.82 Å². The molecule has 3 amide bonds. The van der Waals surface area contributed by atoms with Crippen LogP contribution in [-0.4, -0.2) is 101 Å². The molecular formula is C66H65ClFN5O4S2. The van der Waals surface area contributed by atoms with Gasteiger partial charge in [0.2, 0.25) is 11.8 Å². The first-order chi connectivity index (χ1) is 38.5. The highest BCUT2D eigenvalue weighted by Crippen LogP contribution is 2.46. The number of nitrogens with zero attached hydrogens (tertiary/aromatic N) is 3. The predicted octanol–water partition coefficient (Wildman–Crippen LogP) is 11.6. The second kappa shape index (κ2) is 26.5. The van der Waals surface area contributed by atoms with Crippen molar-refractivity contribution in [2.24, 2.45) is 0 Å². The molecule has 404 valence electrons. The highest BCUT2D eigenvalue weighted by Gasteiger charge is 2.45. The van der Waals surface area contributed by atoms with Crippen molar-refractivity contribution in [3.05, 3.63) is 274 Å². The molecule has 0 bridgehead atoms. The Morgan fingerprint density at radius 3 is 1.56 bits per heavy atom. The van der Waals surface area contributed by atoms with E-state index in [0.29, 0.717) is 42.6 Å². The standard InChI is InChI=1S/C66H65ClFN5O4S2/c1-48-43-71(44-49-32-35-57(68)36-33-49)38-39-73(48)64(76)47-77-59-37-34-56(67)40-58(59)69-42-63(75)72(45-61(79)66(53-26-14-5-15-27-53,54-28-16-6-17-29-54)55-30-18-7-19-31-55)46-62(74)70-41-60(78)65(50-20-8-2-9-21-50,51-22-10-3-11-23-51)52-24-12-4-13-25-52/h2-37,40,48,60-61,69,78-79H,38-39,41-47H2,1H3,(H,70,74)/t48-,60?,61?/m1/s1. The summed E-state index contributed by atoms with van der Waals surface area (Å²) >= 11 is 17.5. The van der Waals surface area contributed by atoms with Crippen LogP contribution in [0.3, 0.4) is 0 Å². The van der Waals surface area contributed by atoms with Gasteiger partial charge in [-0.3, -0.25) is 19.3 Å². The fraction of sp³-hybridized carbons (Fsp3) is 0.227. The zero-order valence-electron chi connectivity index (χ0n) is 44.1. The molecule has 3 atom stereocenters. The molecule has 1 aliphatic heterocycles. The summed E-state index contributed by atoms with van der Waals surface area (Å²) in [6.45, 7) is 3.86. The van der Waals surface area contributed by atoms with Crippen LogP contribution in [0.4, 0.5) is 10.1 Å². The maximum absolute atomic E-state index is 15.1. The smallest absolute Gasteiger partial charge is 0.260 e. The molecule has 8 aromatic carbocycles. The molecule has 2 N–H and O–H groups in total. The number of hydrogen-bond acceptors (Lipinski definition) is 8. The van der Waals surface area contributed by atoms with Crippen molar-refractivity contribution in [3.8, 4) is 5.75 Å². The SMILES string of the molecule is C[C@@H]1CN(Cc2ccc(F)cc2)CCN1C(=O)COc1ccc(Cl)cc1NCC(=O)N(CC(=O)NCC(S)C(c1ccccc1)(c1ccccc1)c1ccccc1)CC(S)C(c1ccccc1)(c1ccccc1)c1ccccc1. The molecule has 13 heteroatoms. The maximum atomic E-state index is 15.1. The van der Waals surface area contributed by atoms with Crippen molar-refractivity contribution in [2.45, 2.75) is 40.8 Å². The number of carbonyl (C=O) groups is 3. The van der Waals surface area contributed by atoms with Gasteiger partial charge in [0, 0.05) is 60.8 Å². The van der Waals surface area contributed by atoms with E-state index in [1.807, 2.05) is 121 Å². The molecule has 79 heavy (non-hydrogen) atoms. The van der Waals surface area contributed by atoms with E-state index < -0.39 is 21.3 Å². The highest BCUT2D eigenvalue weighted by molar-refractivity contribution is 7.81.